The highest BCUT2D eigenvalue weighted by molar-refractivity contribution is 5.82. The second-order valence-corrected chi connectivity index (χ2v) is 7.11. The van der Waals surface area contributed by atoms with E-state index in [1.165, 1.54) is 5.56 Å². The highest BCUT2D eigenvalue weighted by Gasteiger charge is 2.24. The molecule has 0 spiro atoms. The van der Waals surface area contributed by atoms with Crippen molar-refractivity contribution in [3.05, 3.63) is 42.1 Å². The van der Waals surface area contributed by atoms with E-state index in [0.717, 1.165) is 23.9 Å². The van der Waals surface area contributed by atoms with Crippen molar-refractivity contribution in [3.63, 3.8) is 0 Å². The molecule has 1 N–H and O–H groups in total. The van der Waals surface area contributed by atoms with E-state index in [0.29, 0.717) is 0 Å². The first kappa shape index (κ1) is 17.4. The van der Waals surface area contributed by atoms with Crippen molar-refractivity contribution in [2.45, 2.75) is 52.2 Å². The van der Waals surface area contributed by atoms with Gasteiger partial charge < -0.3 is 5.32 Å². The second kappa shape index (κ2) is 7.09. The Kier molecular flexibility index (Phi) is 5.37. The molecule has 0 aliphatic heterocycles. The Bertz CT molecular complexity index is 676. The summed E-state index contributed by atoms with van der Waals surface area (Å²) >= 11 is 0. The fourth-order valence-electron chi connectivity index (χ4n) is 2.77. The van der Waals surface area contributed by atoms with Gasteiger partial charge in [-0.2, -0.15) is 0 Å². The van der Waals surface area contributed by atoms with Gasteiger partial charge in [0.2, 0.25) is 5.91 Å². The van der Waals surface area contributed by atoms with Crippen LogP contribution in [0.25, 0.3) is 10.9 Å². The minimum atomic E-state index is -0.208. The van der Waals surface area contributed by atoms with Crippen LogP contribution in [-0.4, -0.2) is 34.4 Å². The van der Waals surface area contributed by atoms with Crippen LogP contribution in [0.2, 0.25) is 0 Å². The van der Waals surface area contributed by atoms with Gasteiger partial charge in [0.15, 0.2) is 0 Å². The van der Waals surface area contributed by atoms with Gasteiger partial charge in [0.1, 0.15) is 0 Å². The summed E-state index contributed by atoms with van der Waals surface area (Å²) in [4.78, 5) is 18.9. The van der Waals surface area contributed by atoms with E-state index in [1.807, 2.05) is 46.9 Å². The van der Waals surface area contributed by atoms with E-state index in [-0.39, 0.29) is 17.5 Å². The number of pyridine rings is 1. The molecule has 0 saturated carbocycles. The van der Waals surface area contributed by atoms with Crippen molar-refractivity contribution in [2.24, 2.45) is 0 Å². The molecule has 1 atom stereocenters. The van der Waals surface area contributed by atoms with Crippen LogP contribution in [-0.2, 0) is 11.3 Å². The molecule has 0 saturated heterocycles. The van der Waals surface area contributed by atoms with Crippen LogP contribution in [0.4, 0.5) is 0 Å². The molecule has 1 aromatic carbocycles. The van der Waals surface area contributed by atoms with Gasteiger partial charge in [-0.25, -0.2) is 0 Å². The van der Waals surface area contributed by atoms with Gasteiger partial charge in [0, 0.05) is 23.7 Å². The summed E-state index contributed by atoms with van der Waals surface area (Å²) in [5.74, 6) is 0.0879. The first-order chi connectivity index (χ1) is 10.8. The molecule has 4 heteroatoms. The van der Waals surface area contributed by atoms with Gasteiger partial charge in [0.25, 0.3) is 0 Å². The summed E-state index contributed by atoms with van der Waals surface area (Å²) in [6, 6.07) is 10.2. The molecular formula is C19H27N3O. The third-order valence-corrected chi connectivity index (χ3v) is 3.82. The van der Waals surface area contributed by atoms with Crippen molar-refractivity contribution in [3.8, 4) is 0 Å². The number of likely N-dealkylation sites (N-methyl/N-ethyl adjacent to an activating group) is 1. The van der Waals surface area contributed by atoms with E-state index in [1.54, 1.807) is 6.20 Å². The van der Waals surface area contributed by atoms with Crippen LogP contribution in [0.1, 0.15) is 39.7 Å². The number of fused-ring (bicyclic) bond motifs is 1. The van der Waals surface area contributed by atoms with Crippen molar-refractivity contribution in [1.82, 2.24) is 15.2 Å². The van der Waals surface area contributed by atoms with Crippen LogP contribution in [0.15, 0.2) is 36.5 Å². The molecule has 2 aromatic rings. The fraction of sp³-hybridized carbons (Fsp3) is 0.474. The highest BCUT2D eigenvalue weighted by atomic mass is 16.2. The highest BCUT2D eigenvalue weighted by Crippen LogP contribution is 2.16. The average molecular weight is 313 g/mol. The minimum absolute atomic E-state index is 0.0879. The topological polar surface area (TPSA) is 45.2 Å². The Morgan fingerprint density at radius 2 is 2.04 bits per heavy atom. The summed E-state index contributed by atoms with van der Waals surface area (Å²) in [7, 11) is 2.00. The van der Waals surface area contributed by atoms with Gasteiger partial charge in [0.05, 0.1) is 11.6 Å². The predicted molar refractivity (Wildman–Crippen MR) is 95.2 cm³/mol. The summed E-state index contributed by atoms with van der Waals surface area (Å²) in [5.41, 5.74) is 1.98. The summed E-state index contributed by atoms with van der Waals surface area (Å²) in [5, 5.41) is 4.21. The standard InChI is InChI=1S/C19H27N3O/c1-6-17(18(23)21-19(2,3)4)22(5)13-14-9-10-16-15(12-14)8-7-11-20-16/h7-12,17H,6,13H2,1-5H3,(H,21,23). The third-order valence-electron chi connectivity index (χ3n) is 3.82. The molecular weight excluding hydrogens is 286 g/mol. The molecule has 23 heavy (non-hydrogen) atoms. The quantitative estimate of drug-likeness (QED) is 0.920. The number of amides is 1. The molecule has 124 valence electrons. The van der Waals surface area contributed by atoms with Crippen LogP contribution in [0.5, 0.6) is 0 Å². The van der Waals surface area contributed by atoms with E-state index >= 15 is 0 Å². The zero-order chi connectivity index (χ0) is 17.0. The first-order valence-corrected chi connectivity index (χ1v) is 8.16. The first-order valence-electron chi connectivity index (χ1n) is 8.16. The Balaban J connectivity index is 2.11. The van der Waals surface area contributed by atoms with Crippen LogP contribution < -0.4 is 5.32 Å². The smallest absolute Gasteiger partial charge is 0.237 e. The molecule has 1 amide bonds. The molecule has 0 aliphatic rings. The number of hydrogen-bond acceptors (Lipinski definition) is 3. The molecule has 0 fully saturated rings. The monoisotopic (exact) mass is 313 g/mol. The van der Waals surface area contributed by atoms with Crippen LogP contribution >= 0.6 is 0 Å². The molecule has 0 aliphatic carbocycles. The third kappa shape index (κ3) is 4.76. The van der Waals surface area contributed by atoms with Crippen molar-refractivity contribution < 1.29 is 4.79 Å². The van der Waals surface area contributed by atoms with Crippen molar-refractivity contribution in [1.29, 1.82) is 0 Å². The lowest BCUT2D eigenvalue weighted by Gasteiger charge is -2.30. The van der Waals surface area contributed by atoms with Crippen molar-refractivity contribution >= 4 is 16.8 Å². The van der Waals surface area contributed by atoms with Gasteiger partial charge >= 0.3 is 0 Å². The molecule has 4 nitrogen and oxygen atoms in total. The summed E-state index contributed by atoms with van der Waals surface area (Å²) in [6.45, 7) is 8.81. The summed E-state index contributed by atoms with van der Waals surface area (Å²) < 4.78 is 0. The normalized spacial score (nSPS) is 13.3. The second-order valence-electron chi connectivity index (χ2n) is 7.11. The van der Waals surface area contributed by atoms with Crippen LogP contribution in [0, 0.1) is 0 Å². The Hall–Kier alpha value is -1.94. The predicted octanol–water partition coefficient (Wildman–Crippen LogP) is 3.36. The molecule has 2 rings (SSSR count). The fourth-order valence-corrected chi connectivity index (χ4v) is 2.77. The van der Waals surface area contributed by atoms with E-state index in [4.69, 9.17) is 0 Å². The lowest BCUT2D eigenvalue weighted by Crippen LogP contribution is -2.50. The number of nitrogens with zero attached hydrogens (tertiary/aromatic N) is 2. The number of aromatic nitrogens is 1. The largest absolute Gasteiger partial charge is 0.350 e. The molecule has 0 bridgehead atoms. The number of hydrogen-bond donors (Lipinski definition) is 1. The lowest BCUT2D eigenvalue weighted by atomic mass is 10.1. The molecule has 1 aromatic heterocycles. The maximum atomic E-state index is 12.5. The number of carbonyl (C=O) groups is 1. The molecule has 1 unspecified atom stereocenters. The maximum absolute atomic E-state index is 12.5. The van der Waals surface area contributed by atoms with Gasteiger partial charge in [-0.1, -0.05) is 19.1 Å². The number of rotatable bonds is 5. The van der Waals surface area contributed by atoms with Crippen molar-refractivity contribution in [2.75, 3.05) is 7.05 Å². The van der Waals surface area contributed by atoms with E-state index < -0.39 is 0 Å². The lowest BCUT2D eigenvalue weighted by molar-refractivity contribution is -0.127. The Morgan fingerprint density at radius 1 is 1.30 bits per heavy atom. The van der Waals surface area contributed by atoms with Gasteiger partial charge in [-0.05, 0) is 58.0 Å². The van der Waals surface area contributed by atoms with E-state index in [9.17, 15) is 4.79 Å². The zero-order valence-corrected chi connectivity index (χ0v) is 14.8. The maximum Gasteiger partial charge on any atom is 0.237 e. The van der Waals surface area contributed by atoms with Crippen LogP contribution in [0.3, 0.4) is 0 Å². The SMILES string of the molecule is CCC(C(=O)NC(C)(C)C)N(C)Cc1ccc2ncccc2c1. The number of carbonyl (C=O) groups excluding carboxylic acids is 1. The van der Waals surface area contributed by atoms with Gasteiger partial charge in [-0.15, -0.1) is 0 Å². The Morgan fingerprint density at radius 3 is 2.70 bits per heavy atom. The number of benzene rings is 1. The van der Waals surface area contributed by atoms with E-state index in [2.05, 4.69) is 33.4 Å². The Labute approximate surface area is 138 Å². The molecule has 1 heterocycles. The summed E-state index contributed by atoms with van der Waals surface area (Å²) in [6.07, 6.45) is 2.59. The molecule has 0 radical (unpaired) electrons. The number of nitrogens with one attached hydrogen (secondary N) is 1. The zero-order valence-electron chi connectivity index (χ0n) is 14.8. The minimum Gasteiger partial charge on any atom is -0.350 e. The average Bonchev–Trinajstić information content (AvgIpc) is 2.46. The van der Waals surface area contributed by atoms with Gasteiger partial charge in [-0.3, -0.25) is 14.7 Å².